The van der Waals surface area contributed by atoms with Gasteiger partial charge in [0, 0.05) is 25.5 Å². The van der Waals surface area contributed by atoms with E-state index in [9.17, 15) is 4.79 Å². The molecule has 1 saturated heterocycles. The summed E-state index contributed by atoms with van der Waals surface area (Å²) in [6, 6.07) is 1.88. The van der Waals surface area contributed by atoms with Crippen LogP contribution in [0, 0.1) is 12.8 Å². The van der Waals surface area contributed by atoms with Gasteiger partial charge in [0.05, 0.1) is 5.56 Å². The summed E-state index contributed by atoms with van der Waals surface area (Å²) < 4.78 is 0. The third-order valence-electron chi connectivity index (χ3n) is 3.03. The van der Waals surface area contributed by atoms with E-state index in [4.69, 9.17) is 5.73 Å². The van der Waals surface area contributed by atoms with Crippen molar-refractivity contribution in [1.29, 1.82) is 0 Å². The van der Waals surface area contributed by atoms with E-state index in [0.29, 0.717) is 18.0 Å². The summed E-state index contributed by atoms with van der Waals surface area (Å²) in [6.07, 6.45) is 4.40. The number of aromatic nitrogens is 1. The highest BCUT2D eigenvalue weighted by Crippen LogP contribution is 2.17. The van der Waals surface area contributed by atoms with E-state index in [1.807, 2.05) is 17.9 Å². The van der Waals surface area contributed by atoms with Gasteiger partial charge in [-0.2, -0.15) is 0 Å². The van der Waals surface area contributed by atoms with Crippen molar-refractivity contribution in [3.63, 3.8) is 0 Å². The molecule has 1 aliphatic heterocycles. The molecular weight excluding hydrogens is 202 g/mol. The van der Waals surface area contributed by atoms with Crippen molar-refractivity contribution in [3.8, 4) is 0 Å². The van der Waals surface area contributed by atoms with Crippen LogP contribution in [0.4, 0.5) is 0 Å². The number of aryl methyl sites for hydroxylation is 1. The van der Waals surface area contributed by atoms with Crippen LogP contribution in [0.15, 0.2) is 18.5 Å². The molecule has 1 atom stereocenters. The molecule has 86 valence electrons. The number of carbonyl (C=O) groups is 1. The molecule has 2 heterocycles. The van der Waals surface area contributed by atoms with Gasteiger partial charge in [-0.15, -0.1) is 0 Å². The van der Waals surface area contributed by atoms with Crippen LogP contribution < -0.4 is 5.73 Å². The second-order valence-corrected chi connectivity index (χ2v) is 4.39. The van der Waals surface area contributed by atoms with Crippen LogP contribution in [0.3, 0.4) is 0 Å². The number of hydrogen-bond acceptors (Lipinski definition) is 3. The van der Waals surface area contributed by atoms with Gasteiger partial charge < -0.3 is 10.6 Å². The average molecular weight is 219 g/mol. The number of pyridine rings is 1. The van der Waals surface area contributed by atoms with Crippen LogP contribution in [0.5, 0.6) is 0 Å². The summed E-state index contributed by atoms with van der Waals surface area (Å²) in [5, 5.41) is 0. The zero-order valence-electron chi connectivity index (χ0n) is 9.52. The van der Waals surface area contributed by atoms with Crippen molar-refractivity contribution in [1.82, 2.24) is 9.88 Å². The van der Waals surface area contributed by atoms with Crippen LogP contribution in [0.1, 0.15) is 22.3 Å². The molecule has 0 radical (unpaired) electrons. The lowest BCUT2D eigenvalue weighted by Gasteiger charge is -2.16. The molecule has 0 bridgehead atoms. The van der Waals surface area contributed by atoms with E-state index >= 15 is 0 Å². The van der Waals surface area contributed by atoms with Gasteiger partial charge >= 0.3 is 0 Å². The maximum absolute atomic E-state index is 12.1. The molecule has 0 aliphatic carbocycles. The lowest BCUT2D eigenvalue weighted by molar-refractivity contribution is 0.0787. The van der Waals surface area contributed by atoms with E-state index in [-0.39, 0.29) is 5.91 Å². The zero-order chi connectivity index (χ0) is 11.5. The number of carbonyl (C=O) groups excluding carboxylic acids is 1. The first-order valence-corrected chi connectivity index (χ1v) is 5.61. The Morgan fingerprint density at radius 1 is 1.62 bits per heavy atom. The molecule has 1 amide bonds. The molecular formula is C12H17N3O. The topological polar surface area (TPSA) is 59.2 Å². The Bertz CT molecular complexity index is 392. The van der Waals surface area contributed by atoms with Crippen molar-refractivity contribution < 1.29 is 4.79 Å². The molecule has 1 aromatic rings. The van der Waals surface area contributed by atoms with Gasteiger partial charge in [-0.1, -0.05) is 0 Å². The Morgan fingerprint density at radius 2 is 2.44 bits per heavy atom. The number of rotatable bonds is 2. The summed E-state index contributed by atoms with van der Waals surface area (Å²) in [4.78, 5) is 18.0. The summed E-state index contributed by atoms with van der Waals surface area (Å²) in [7, 11) is 0. The fourth-order valence-electron chi connectivity index (χ4n) is 2.06. The monoisotopic (exact) mass is 219 g/mol. The Kier molecular flexibility index (Phi) is 3.19. The van der Waals surface area contributed by atoms with Gasteiger partial charge in [0.15, 0.2) is 0 Å². The minimum Gasteiger partial charge on any atom is -0.338 e. The van der Waals surface area contributed by atoms with Crippen molar-refractivity contribution in [3.05, 3.63) is 29.6 Å². The maximum atomic E-state index is 12.1. The smallest absolute Gasteiger partial charge is 0.255 e. The lowest BCUT2D eigenvalue weighted by Crippen LogP contribution is -2.29. The molecule has 0 saturated carbocycles. The van der Waals surface area contributed by atoms with Gasteiger partial charge in [-0.3, -0.25) is 9.78 Å². The standard InChI is InChI=1S/C12H17N3O/c1-9-4-11(7-14-6-9)12(16)15-3-2-10(5-13)8-15/h4,6-7,10H,2-3,5,8,13H2,1H3. The van der Waals surface area contributed by atoms with Gasteiger partial charge in [-0.05, 0) is 37.4 Å². The Morgan fingerprint density at radius 3 is 3.06 bits per heavy atom. The number of amides is 1. The molecule has 2 rings (SSSR count). The van der Waals surface area contributed by atoms with E-state index in [1.54, 1.807) is 12.4 Å². The second kappa shape index (κ2) is 4.61. The van der Waals surface area contributed by atoms with Crippen molar-refractivity contribution >= 4 is 5.91 Å². The van der Waals surface area contributed by atoms with E-state index in [2.05, 4.69) is 4.98 Å². The summed E-state index contributed by atoms with van der Waals surface area (Å²) in [5.41, 5.74) is 7.30. The largest absolute Gasteiger partial charge is 0.338 e. The maximum Gasteiger partial charge on any atom is 0.255 e. The average Bonchev–Trinajstić information content (AvgIpc) is 2.76. The van der Waals surface area contributed by atoms with E-state index in [1.165, 1.54) is 0 Å². The molecule has 0 spiro atoms. The molecule has 4 heteroatoms. The van der Waals surface area contributed by atoms with Crippen LogP contribution in [-0.4, -0.2) is 35.4 Å². The molecule has 1 fully saturated rings. The molecule has 1 unspecified atom stereocenters. The molecule has 1 aromatic heterocycles. The fourth-order valence-corrected chi connectivity index (χ4v) is 2.06. The Hall–Kier alpha value is -1.42. The minimum absolute atomic E-state index is 0.0761. The van der Waals surface area contributed by atoms with Gasteiger partial charge in [0.1, 0.15) is 0 Å². The quantitative estimate of drug-likeness (QED) is 0.800. The molecule has 1 aliphatic rings. The highest BCUT2D eigenvalue weighted by Gasteiger charge is 2.25. The molecule has 0 aromatic carbocycles. The zero-order valence-corrected chi connectivity index (χ0v) is 9.52. The number of hydrogen-bond donors (Lipinski definition) is 1. The third-order valence-corrected chi connectivity index (χ3v) is 3.03. The van der Waals surface area contributed by atoms with Gasteiger partial charge in [0.2, 0.25) is 0 Å². The second-order valence-electron chi connectivity index (χ2n) is 4.39. The number of nitrogens with two attached hydrogens (primary N) is 1. The minimum atomic E-state index is 0.0761. The predicted octanol–water partition coefficient (Wildman–Crippen LogP) is 0.811. The molecule has 16 heavy (non-hydrogen) atoms. The Balaban J connectivity index is 2.08. The van der Waals surface area contributed by atoms with Crippen LogP contribution >= 0.6 is 0 Å². The molecule has 4 nitrogen and oxygen atoms in total. The first-order valence-electron chi connectivity index (χ1n) is 5.61. The first-order chi connectivity index (χ1) is 7.70. The summed E-state index contributed by atoms with van der Waals surface area (Å²) >= 11 is 0. The third kappa shape index (κ3) is 2.22. The highest BCUT2D eigenvalue weighted by atomic mass is 16.2. The number of likely N-dealkylation sites (tertiary alicyclic amines) is 1. The SMILES string of the molecule is Cc1cncc(C(=O)N2CCC(CN)C2)c1. The summed E-state index contributed by atoms with van der Waals surface area (Å²) in [5.74, 6) is 0.536. The van der Waals surface area contributed by atoms with Gasteiger partial charge in [0.25, 0.3) is 5.91 Å². The van der Waals surface area contributed by atoms with E-state index in [0.717, 1.165) is 25.1 Å². The van der Waals surface area contributed by atoms with Crippen LogP contribution in [-0.2, 0) is 0 Å². The lowest BCUT2D eigenvalue weighted by atomic mass is 10.1. The van der Waals surface area contributed by atoms with Crippen LogP contribution in [0.25, 0.3) is 0 Å². The van der Waals surface area contributed by atoms with Crippen LogP contribution in [0.2, 0.25) is 0 Å². The Labute approximate surface area is 95.5 Å². The normalized spacial score (nSPS) is 20.1. The van der Waals surface area contributed by atoms with Crippen molar-refractivity contribution in [2.45, 2.75) is 13.3 Å². The van der Waals surface area contributed by atoms with Gasteiger partial charge in [-0.25, -0.2) is 0 Å². The van der Waals surface area contributed by atoms with E-state index < -0.39 is 0 Å². The fraction of sp³-hybridized carbons (Fsp3) is 0.500. The number of nitrogens with zero attached hydrogens (tertiary/aromatic N) is 2. The van der Waals surface area contributed by atoms with Crippen molar-refractivity contribution in [2.75, 3.05) is 19.6 Å². The predicted molar refractivity (Wildman–Crippen MR) is 62.0 cm³/mol. The van der Waals surface area contributed by atoms with Crippen molar-refractivity contribution in [2.24, 2.45) is 11.7 Å². The highest BCUT2D eigenvalue weighted by molar-refractivity contribution is 5.94. The summed E-state index contributed by atoms with van der Waals surface area (Å²) in [6.45, 7) is 4.20. The first kappa shape index (κ1) is 11.1. The molecule has 2 N–H and O–H groups in total.